The third-order valence-corrected chi connectivity index (χ3v) is 18.6. The van der Waals surface area contributed by atoms with Crippen molar-refractivity contribution in [3.63, 3.8) is 0 Å². The number of fused-ring (bicyclic) bond motifs is 16. The van der Waals surface area contributed by atoms with E-state index in [4.69, 9.17) is 0 Å². The van der Waals surface area contributed by atoms with Crippen molar-refractivity contribution in [1.29, 1.82) is 0 Å². The number of thiophene rings is 1. The zero-order valence-electron chi connectivity index (χ0n) is 38.1. The Hall–Kier alpha value is -6.22. The topological polar surface area (TPSA) is 3.24 Å². The molecule has 1 unspecified atom stereocenters. The van der Waals surface area contributed by atoms with Gasteiger partial charge in [0.15, 0.2) is 0 Å². The second-order valence-electron chi connectivity index (χ2n) is 21.0. The molecule has 0 radical (unpaired) electrons. The standard InChI is InChI=1S/C64H55NS/c1-40-32-42-34-41(2)64(47(33-40)35-42)58-17-9-7-15-52(58)56-36-45(21-29-59(56)64)46-20-26-54-55-28-25-50(39-62(55)66-61(54)37-46)65(48-22-18-44(19-23-48)43-12-4-3-5-13-43)49-24-27-53-51-14-6-8-16-57(51)63(60(53)38-49)30-10-11-31-63/h3-9,12-29,36-42,47H,10-11,30-35H2,1-2H3/t40-,41+,42?,47-,64-/m1/s1. The number of benzene rings is 8. The summed E-state index contributed by atoms with van der Waals surface area (Å²) in [5.41, 5.74) is 20.9. The lowest BCUT2D eigenvalue weighted by Gasteiger charge is -2.54. The summed E-state index contributed by atoms with van der Waals surface area (Å²) >= 11 is 1.93. The predicted molar refractivity (Wildman–Crippen MR) is 280 cm³/mol. The highest BCUT2D eigenvalue weighted by Gasteiger charge is 2.56. The summed E-state index contributed by atoms with van der Waals surface area (Å²) in [4.78, 5) is 2.51. The zero-order valence-corrected chi connectivity index (χ0v) is 38.9. The van der Waals surface area contributed by atoms with E-state index < -0.39 is 0 Å². The monoisotopic (exact) mass is 869 g/mol. The van der Waals surface area contributed by atoms with Gasteiger partial charge in [-0.15, -0.1) is 11.3 Å². The molecule has 2 heteroatoms. The molecule has 14 rings (SSSR count). The summed E-state index contributed by atoms with van der Waals surface area (Å²) in [6.45, 7) is 5.09. The fourth-order valence-electron chi connectivity index (χ4n) is 15.0. The second kappa shape index (κ2) is 14.6. The molecule has 5 aliphatic rings. The number of hydrogen-bond acceptors (Lipinski definition) is 2. The van der Waals surface area contributed by atoms with Gasteiger partial charge in [-0.3, -0.25) is 0 Å². The summed E-state index contributed by atoms with van der Waals surface area (Å²) in [6.07, 6.45) is 10.5. The van der Waals surface area contributed by atoms with Gasteiger partial charge in [-0.05, 0) is 177 Å². The van der Waals surface area contributed by atoms with E-state index >= 15 is 0 Å². The first-order valence-electron chi connectivity index (χ1n) is 24.9. The fourth-order valence-corrected chi connectivity index (χ4v) is 16.1. The van der Waals surface area contributed by atoms with E-state index in [0.717, 1.165) is 17.8 Å². The minimum Gasteiger partial charge on any atom is -0.310 e. The number of nitrogens with zero attached hydrogens (tertiary/aromatic N) is 1. The molecule has 0 amide bonds. The highest BCUT2D eigenvalue weighted by molar-refractivity contribution is 7.25. The van der Waals surface area contributed by atoms with Crippen molar-refractivity contribution in [3.05, 3.63) is 198 Å². The van der Waals surface area contributed by atoms with Crippen LogP contribution in [0.25, 0.3) is 64.7 Å². The van der Waals surface area contributed by atoms with Gasteiger partial charge in [0.2, 0.25) is 0 Å². The van der Waals surface area contributed by atoms with Gasteiger partial charge < -0.3 is 4.90 Å². The quantitative estimate of drug-likeness (QED) is 0.167. The van der Waals surface area contributed by atoms with Gasteiger partial charge in [-0.25, -0.2) is 0 Å². The Morgan fingerprint density at radius 2 is 1.03 bits per heavy atom. The Balaban J connectivity index is 0.866. The molecule has 2 spiro atoms. The third kappa shape index (κ3) is 5.58. The highest BCUT2D eigenvalue weighted by Crippen LogP contribution is 2.65. The minimum atomic E-state index is 0.105. The molecule has 3 fully saturated rings. The van der Waals surface area contributed by atoms with Gasteiger partial charge >= 0.3 is 0 Å². The molecule has 0 aliphatic heterocycles. The van der Waals surface area contributed by atoms with Crippen LogP contribution in [0.3, 0.4) is 0 Å². The van der Waals surface area contributed by atoms with Crippen LogP contribution in [0.2, 0.25) is 0 Å². The van der Waals surface area contributed by atoms with Crippen LogP contribution in [0.1, 0.15) is 87.5 Å². The maximum atomic E-state index is 2.58. The van der Waals surface area contributed by atoms with Crippen LogP contribution >= 0.6 is 11.3 Å². The number of anilines is 3. The molecule has 2 bridgehead atoms. The first kappa shape index (κ1) is 39.0. The van der Waals surface area contributed by atoms with Gasteiger partial charge in [-0.1, -0.05) is 154 Å². The molecule has 3 saturated carbocycles. The van der Waals surface area contributed by atoms with Crippen LogP contribution in [0.5, 0.6) is 0 Å². The largest absolute Gasteiger partial charge is 0.310 e. The number of rotatable bonds is 5. The van der Waals surface area contributed by atoms with Crippen molar-refractivity contribution in [2.24, 2.45) is 23.7 Å². The molecular weight excluding hydrogens is 815 g/mol. The fraction of sp³-hybridized carbons (Fsp3) is 0.250. The van der Waals surface area contributed by atoms with Crippen molar-refractivity contribution in [3.8, 4) is 44.5 Å². The third-order valence-electron chi connectivity index (χ3n) is 17.5. The van der Waals surface area contributed by atoms with E-state index in [0.29, 0.717) is 5.92 Å². The molecule has 5 atom stereocenters. The average Bonchev–Trinajstić information content (AvgIpc) is 4.13. The first-order chi connectivity index (χ1) is 32.5. The van der Waals surface area contributed by atoms with Crippen LogP contribution in [-0.4, -0.2) is 0 Å². The normalized spacial score (nSPS) is 23.0. The van der Waals surface area contributed by atoms with Gasteiger partial charge in [0.05, 0.1) is 0 Å². The summed E-state index contributed by atoms with van der Waals surface area (Å²) < 4.78 is 2.67. The average molecular weight is 870 g/mol. The van der Waals surface area contributed by atoms with Crippen LogP contribution in [0, 0.1) is 23.7 Å². The van der Waals surface area contributed by atoms with E-state index in [1.165, 1.54) is 144 Å². The Labute approximate surface area is 393 Å². The molecule has 66 heavy (non-hydrogen) atoms. The van der Waals surface area contributed by atoms with Crippen LogP contribution < -0.4 is 4.90 Å². The Morgan fingerprint density at radius 3 is 1.85 bits per heavy atom. The molecular formula is C64H55NS. The Morgan fingerprint density at radius 1 is 0.439 bits per heavy atom. The molecule has 1 nitrogen and oxygen atoms in total. The molecule has 0 saturated heterocycles. The number of hydrogen-bond donors (Lipinski definition) is 0. The molecule has 322 valence electrons. The van der Waals surface area contributed by atoms with Crippen LogP contribution in [-0.2, 0) is 10.8 Å². The maximum Gasteiger partial charge on any atom is 0.0476 e. The van der Waals surface area contributed by atoms with Gasteiger partial charge in [0.1, 0.15) is 0 Å². The summed E-state index contributed by atoms with van der Waals surface area (Å²) in [5.74, 6) is 3.07. The highest BCUT2D eigenvalue weighted by atomic mass is 32.1. The summed E-state index contributed by atoms with van der Waals surface area (Å²) in [6, 6.07) is 67.9. The molecule has 0 N–H and O–H groups in total. The van der Waals surface area contributed by atoms with Crippen molar-refractivity contribution in [2.75, 3.05) is 4.90 Å². The van der Waals surface area contributed by atoms with Gasteiger partial charge in [0.25, 0.3) is 0 Å². The van der Waals surface area contributed by atoms with Crippen LogP contribution in [0.15, 0.2) is 176 Å². The molecule has 9 aromatic rings. The Kier molecular flexibility index (Phi) is 8.65. The van der Waals surface area contributed by atoms with Crippen LogP contribution in [0.4, 0.5) is 17.1 Å². The van der Waals surface area contributed by atoms with E-state index in [2.05, 4.69) is 195 Å². The first-order valence-corrected chi connectivity index (χ1v) is 25.7. The van der Waals surface area contributed by atoms with E-state index in [9.17, 15) is 0 Å². The maximum absolute atomic E-state index is 2.58. The molecule has 8 aromatic carbocycles. The summed E-state index contributed by atoms with van der Waals surface area (Å²) in [7, 11) is 0. The van der Waals surface area contributed by atoms with Crippen molar-refractivity contribution in [2.45, 2.75) is 76.0 Å². The summed E-state index contributed by atoms with van der Waals surface area (Å²) in [5, 5.41) is 2.67. The van der Waals surface area contributed by atoms with Crippen molar-refractivity contribution in [1.82, 2.24) is 0 Å². The minimum absolute atomic E-state index is 0.105. The van der Waals surface area contributed by atoms with Gasteiger partial charge in [0, 0.05) is 48.1 Å². The molecule has 1 heterocycles. The lowest BCUT2D eigenvalue weighted by Crippen LogP contribution is -2.49. The SMILES string of the molecule is C[C@@H]1CC2C[C@@H](C1)[C@@]1(c3ccccc3-c3cc(-c4ccc5c(c4)sc4cc(N(c6ccc(-c7ccccc7)cc6)c6ccc7c(c6)C6(CCCC6)c6ccccc6-7)ccc45)ccc31)[C@@H](C)C2. The van der Waals surface area contributed by atoms with Crippen molar-refractivity contribution >= 4 is 48.6 Å². The van der Waals surface area contributed by atoms with E-state index in [1.807, 2.05) is 11.3 Å². The second-order valence-corrected chi connectivity index (χ2v) is 22.1. The van der Waals surface area contributed by atoms with Gasteiger partial charge in [-0.2, -0.15) is 0 Å². The smallest absolute Gasteiger partial charge is 0.0476 e. The van der Waals surface area contributed by atoms with Crippen molar-refractivity contribution < 1.29 is 0 Å². The lowest BCUT2D eigenvalue weighted by molar-refractivity contribution is 0.0426. The lowest BCUT2D eigenvalue weighted by atomic mass is 9.49. The molecule has 5 aliphatic carbocycles. The molecule has 1 aromatic heterocycles. The van der Waals surface area contributed by atoms with E-state index in [1.54, 1.807) is 11.1 Å². The predicted octanol–water partition coefficient (Wildman–Crippen LogP) is 18.1. The zero-order chi connectivity index (χ0) is 43.7. The van der Waals surface area contributed by atoms with E-state index in [-0.39, 0.29) is 10.8 Å². The Bertz CT molecular complexity index is 3380.